The Morgan fingerprint density at radius 2 is 2.00 bits per heavy atom. The van der Waals surface area contributed by atoms with Crippen molar-refractivity contribution in [3.8, 4) is 0 Å². The molecule has 0 aromatic carbocycles. The van der Waals surface area contributed by atoms with E-state index in [0.717, 1.165) is 31.3 Å². The molecule has 0 aromatic heterocycles. The van der Waals surface area contributed by atoms with Gasteiger partial charge in [0.25, 0.3) is 0 Å². The van der Waals surface area contributed by atoms with E-state index in [-0.39, 0.29) is 12.5 Å². The van der Waals surface area contributed by atoms with E-state index in [9.17, 15) is 14.4 Å². The van der Waals surface area contributed by atoms with Crippen LogP contribution < -0.4 is 5.32 Å². The van der Waals surface area contributed by atoms with Crippen LogP contribution in [0.3, 0.4) is 0 Å². The minimum atomic E-state index is -0.589. The van der Waals surface area contributed by atoms with Crippen LogP contribution in [0.1, 0.15) is 45.4 Å². The zero-order valence-electron chi connectivity index (χ0n) is 10.6. The quantitative estimate of drug-likeness (QED) is 0.599. The van der Waals surface area contributed by atoms with Crippen molar-refractivity contribution >= 4 is 17.8 Å². The largest absolute Gasteiger partial charge is 0.331 e. The van der Waals surface area contributed by atoms with E-state index in [1.165, 1.54) is 11.3 Å². The first-order chi connectivity index (χ1) is 8.59. The second-order valence-corrected chi connectivity index (χ2v) is 4.85. The minimum absolute atomic E-state index is 0.233. The minimum Gasteiger partial charge on any atom is -0.277 e. The number of carbonyl (C=O) groups is 3. The van der Waals surface area contributed by atoms with Gasteiger partial charge in [-0.15, -0.1) is 0 Å². The maximum Gasteiger partial charge on any atom is 0.331 e. The first kappa shape index (κ1) is 12.8. The van der Waals surface area contributed by atoms with Crippen molar-refractivity contribution in [2.24, 2.45) is 0 Å². The van der Waals surface area contributed by atoms with Crippen LogP contribution in [0, 0.1) is 0 Å². The summed E-state index contributed by atoms with van der Waals surface area (Å²) in [4.78, 5) is 35.8. The lowest BCUT2D eigenvalue weighted by atomic mass is 10.0. The number of rotatable bonds is 2. The average Bonchev–Trinajstić information content (AvgIpc) is 2.55. The van der Waals surface area contributed by atoms with Crippen LogP contribution in [0.15, 0.2) is 11.6 Å². The number of urea groups is 1. The van der Waals surface area contributed by atoms with Crippen molar-refractivity contribution in [1.29, 1.82) is 0 Å². The summed E-state index contributed by atoms with van der Waals surface area (Å²) in [5, 5.41) is 2.20. The molecule has 1 heterocycles. The Hall–Kier alpha value is -1.65. The molecular weight excluding hydrogens is 232 g/mol. The van der Waals surface area contributed by atoms with Gasteiger partial charge < -0.3 is 0 Å². The second kappa shape index (κ2) is 5.33. The van der Waals surface area contributed by atoms with Crippen molar-refractivity contribution in [1.82, 2.24) is 10.2 Å². The monoisotopic (exact) mass is 250 g/mol. The molecule has 2 aliphatic rings. The molecule has 1 saturated heterocycles. The smallest absolute Gasteiger partial charge is 0.277 e. The van der Waals surface area contributed by atoms with Gasteiger partial charge in [-0.05, 0) is 32.6 Å². The lowest BCUT2D eigenvalue weighted by molar-refractivity contribution is -0.137. The highest BCUT2D eigenvalue weighted by atomic mass is 16.2. The molecule has 2 rings (SSSR count). The van der Waals surface area contributed by atoms with E-state index in [1.807, 2.05) is 6.92 Å². The fraction of sp³-hybridized carbons (Fsp3) is 0.615. The van der Waals surface area contributed by atoms with Crippen molar-refractivity contribution in [3.05, 3.63) is 11.6 Å². The normalized spacial score (nSPS) is 23.3. The van der Waals surface area contributed by atoms with Crippen molar-refractivity contribution in [3.63, 3.8) is 0 Å². The third kappa shape index (κ3) is 2.60. The highest BCUT2D eigenvalue weighted by Gasteiger charge is 2.35. The molecule has 0 saturated carbocycles. The predicted octanol–water partition coefficient (Wildman–Crippen LogP) is 1.73. The van der Waals surface area contributed by atoms with Gasteiger partial charge in [-0.1, -0.05) is 18.1 Å². The van der Waals surface area contributed by atoms with Gasteiger partial charge in [0.15, 0.2) is 0 Å². The SMILES string of the molecule is CC(C1=CCCCCC1)N1C(=O)CC(=O)NC1=O. The van der Waals surface area contributed by atoms with Crippen LogP contribution in [0.4, 0.5) is 4.79 Å². The van der Waals surface area contributed by atoms with Crippen LogP contribution >= 0.6 is 0 Å². The van der Waals surface area contributed by atoms with Gasteiger partial charge in [0.05, 0.1) is 6.04 Å². The molecule has 5 heteroatoms. The average molecular weight is 250 g/mol. The zero-order valence-corrected chi connectivity index (χ0v) is 10.6. The van der Waals surface area contributed by atoms with Gasteiger partial charge >= 0.3 is 6.03 Å². The van der Waals surface area contributed by atoms with Crippen LogP contribution in [-0.4, -0.2) is 28.8 Å². The number of allylic oxidation sites excluding steroid dienone is 1. The number of carbonyl (C=O) groups excluding carboxylic acids is 3. The molecule has 5 nitrogen and oxygen atoms in total. The summed E-state index contributed by atoms with van der Waals surface area (Å²) >= 11 is 0. The molecule has 0 spiro atoms. The van der Waals surface area contributed by atoms with Crippen LogP contribution in [0.2, 0.25) is 0 Å². The predicted molar refractivity (Wildman–Crippen MR) is 65.6 cm³/mol. The summed E-state index contributed by atoms with van der Waals surface area (Å²) in [5.41, 5.74) is 1.13. The topological polar surface area (TPSA) is 66.5 Å². The molecule has 0 radical (unpaired) electrons. The lowest BCUT2D eigenvalue weighted by Gasteiger charge is -2.31. The molecular formula is C13H18N2O3. The third-order valence-electron chi connectivity index (χ3n) is 3.55. The Bertz CT molecular complexity index is 394. The van der Waals surface area contributed by atoms with Gasteiger partial charge in [0, 0.05) is 0 Å². The number of nitrogens with one attached hydrogen (secondary N) is 1. The highest BCUT2D eigenvalue weighted by Crippen LogP contribution is 2.24. The highest BCUT2D eigenvalue weighted by molar-refractivity contribution is 6.14. The van der Waals surface area contributed by atoms with Crippen molar-refractivity contribution in [2.75, 3.05) is 0 Å². The molecule has 1 N–H and O–H groups in total. The Kier molecular flexibility index (Phi) is 3.79. The Balaban J connectivity index is 2.14. The molecule has 1 fully saturated rings. The zero-order chi connectivity index (χ0) is 13.1. The standard InChI is InChI=1S/C13H18N2O3/c1-9(10-6-4-2-3-5-7-10)15-12(17)8-11(16)14-13(15)18/h6,9H,2-5,7-8H2,1H3,(H,14,16,18). The van der Waals surface area contributed by atoms with E-state index in [0.29, 0.717) is 0 Å². The molecule has 1 aliphatic carbocycles. The number of hydrogen-bond donors (Lipinski definition) is 1. The molecule has 0 bridgehead atoms. The number of nitrogens with zero attached hydrogens (tertiary/aromatic N) is 1. The first-order valence-corrected chi connectivity index (χ1v) is 6.44. The van der Waals surface area contributed by atoms with Crippen LogP contribution in [0.5, 0.6) is 0 Å². The van der Waals surface area contributed by atoms with Gasteiger partial charge in [0.1, 0.15) is 6.42 Å². The molecule has 1 aliphatic heterocycles. The Labute approximate surface area is 106 Å². The molecule has 98 valence electrons. The summed E-state index contributed by atoms with van der Waals surface area (Å²) in [5.74, 6) is -0.912. The maximum absolute atomic E-state index is 11.8. The lowest BCUT2D eigenvalue weighted by Crippen LogP contribution is -2.56. The van der Waals surface area contributed by atoms with E-state index < -0.39 is 17.8 Å². The fourth-order valence-corrected chi connectivity index (χ4v) is 2.54. The molecule has 4 amide bonds. The van der Waals surface area contributed by atoms with Gasteiger partial charge in [0.2, 0.25) is 11.8 Å². The van der Waals surface area contributed by atoms with E-state index >= 15 is 0 Å². The summed E-state index contributed by atoms with van der Waals surface area (Å²) in [6.07, 6.45) is 7.27. The van der Waals surface area contributed by atoms with Gasteiger partial charge in [-0.25, -0.2) is 4.79 Å². The van der Waals surface area contributed by atoms with Crippen LogP contribution in [0.25, 0.3) is 0 Å². The summed E-state index contributed by atoms with van der Waals surface area (Å²) in [7, 11) is 0. The van der Waals surface area contributed by atoms with Gasteiger partial charge in [-0.3, -0.25) is 19.8 Å². The van der Waals surface area contributed by atoms with Crippen molar-refractivity contribution < 1.29 is 14.4 Å². The van der Waals surface area contributed by atoms with E-state index in [4.69, 9.17) is 0 Å². The van der Waals surface area contributed by atoms with Gasteiger partial charge in [-0.2, -0.15) is 0 Å². The number of barbiturate groups is 1. The summed E-state index contributed by atoms with van der Waals surface area (Å²) in [6.45, 7) is 1.85. The second-order valence-electron chi connectivity index (χ2n) is 4.85. The van der Waals surface area contributed by atoms with Crippen LogP contribution in [-0.2, 0) is 9.59 Å². The summed E-state index contributed by atoms with van der Waals surface area (Å²) < 4.78 is 0. The molecule has 1 unspecified atom stereocenters. The maximum atomic E-state index is 11.8. The van der Waals surface area contributed by atoms with E-state index in [1.54, 1.807) is 0 Å². The molecule has 18 heavy (non-hydrogen) atoms. The Morgan fingerprint density at radius 3 is 2.72 bits per heavy atom. The Morgan fingerprint density at radius 1 is 1.22 bits per heavy atom. The molecule has 0 aromatic rings. The summed E-state index contributed by atoms with van der Waals surface area (Å²) in [6, 6.07) is -0.836. The first-order valence-electron chi connectivity index (χ1n) is 6.44. The third-order valence-corrected chi connectivity index (χ3v) is 3.55. The fourth-order valence-electron chi connectivity index (χ4n) is 2.54. The molecule has 1 atom stereocenters. The number of hydrogen-bond acceptors (Lipinski definition) is 3. The van der Waals surface area contributed by atoms with E-state index in [2.05, 4.69) is 11.4 Å². The number of imide groups is 2. The van der Waals surface area contributed by atoms with Crippen molar-refractivity contribution in [2.45, 2.75) is 51.5 Å². The number of amides is 4.